The van der Waals surface area contributed by atoms with Crippen molar-refractivity contribution in [3.63, 3.8) is 0 Å². The van der Waals surface area contributed by atoms with Crippen LogP contribution in [-0.2, 0) is 22.7 Å². The molecule has 3 aromatic rings. The van der Waals surface area contributed by atoms with Crippen molar-refractivity contribution in [1.29, 1.82) is 0 Å². The number of imidazole rings is 1. The van der Waals surface area contributed by atoms with Gasteiger partial charge in [0.25, 0.3) is 0 Å². The molecule has 0 radical (unpaired) electrons. The molecule has 2 aromatic carbocycles. The number of benzene rings is 2. The minimum Gasteiger partial charge on any atom is -0.350 e. The predicted molar refractivity (Wildman–Crippen MR) is 98.1 cm³/mol. The lowest BCUT2D eigenvalue weighted by Crippen LogP contribution is -2.38. The Hall–Kier alpha value is -3.22. The summed E-state index contributed by atoms with van der Waals surface area (Å²) in [6.45, 7) is 0.913. The van der Waals surface area contributed by atoms with Crippen molar-refractivity contribution in [2.75, 3.05) is 6.54 Å². The van der Waals surface area contributed by atoms with E-state index in [9.17, 15) is 14.0 Å². The number of para-hydroxylation sites is 2. The Balaban J connectivity index is 1.36. The highest BCUT2D eigenvalue weighted by Gasteiger charge is 2.30. The van der Waals surface area contributed by atoms with Gasteiger partial charge in [-0.25, -0.2) is 9.37 Å². The number of carbonyl (C=O) groups excluding carboxylic acids is 2. The first-order valence-corrected chi connectivity index (χ1v) is 8.80. The third-order valence-electron chi connectivity index (χ3n) is 4.68. The van der Waals surface area contributed by atoms with Crippen LogP contribution in [0.15, 0.2) is 54.9 Å². The lowest BCUT2D eigenvalue weighted by molar-refractivity contribution is -0.128. The summed E-state index contributed by atoms with van der Waals surface area (Å²) >= 11 is 0. The average Bonchev–Trinajstić information content (AvgIpc) is 3.19. The van der Waals surface area contributed by atoms with Crippen molar-refractivity contribution in [3.05, 3.63) is 66.2 Å². The van der Waals surface area contributed by atoms with E-state index in [-0.39, 0.29) is 36.6 Å². The molecular formula is C20H19FN4O2. The number of nitrogens with one attached hydrogen (secondary N) is 1. The molecule has 2 amide bonds. The third-order valence-corrected chi connectivity index (χ3v) is 4.68. The highest BCUT2D eigenvalue weighted by molar-refractivity contribution is 5.83. The third kappa shape index (κ3) is 3.81. The van der Waals surface area contributed by atoms with Crippen LogP contribution in [0.3, 0.4) is 0 Å². The number of halogens is 1. The number of nitrogens with zero attached hydrogens (tertiary/aromatic N) is 3. The molecule has 0 saturated carbocycles. The summed E-state index contributed by atoms with van der Waals surface area (Å²) < 4.78 is 15.1. The Labute approximate surface area is 155 Å². The average molecular weight is 366 g/mol. The molecule has 6 nitrogen and oxygen atoms in total. The van der Waals surface area contributed by atoms with Gasteiger partial charge >= 0.3 is 0 Å². The van der Waals surface area contributed by atoms with Gasteiger partial charge in [0, 0.05) is 19.5 Å². The maximum atomic E-state index is 13.3. The van der Waals surface area contributed by atoms with E-state index in [1.807, 2.05) is 24.3 Å². The molecule has 1 aliphatic heterocycles. The number of amides is 2. The van der Waals surface area contributed by atoms with E-state index in [4.69, 9.17) is 0 Å². The minimum absolute atomic E-state index is 0.0439. The van der Waals surface area contributed by atoms with Crippen LogP contribution in [-0.4, -0.2) is 38.9 Å². The molecule has 4 rings (SSSR count). The van der Waals surface area contributed by atoms with E-state index in [0.717, 1.165) is 16.6 Å². The van der Waals surface area contributed by atoms with E-state index in [0.29, 0.717) is 13.1 Å². The van der Waals surface area contributed by atoms with Gasteiger partial charge in [-0.15, -0.1) is 0 Å². The quantitative estimate of drug-likeness (QED) is 0.752. The molecule has 0 aliphatic carbocycles. The second-order valence-corrected chi connectivity index (χ2v) is 6.73. The van der Waals surface area contributed by atoms with Crippen molar-refractivity contribution >= 4 is 22.8 Å². The van der Waals surface area contributed by atoms with Gasteiger partial charge in [-0.05, 0) is 29.8 Å². The zero-order valence-electron chi connectivity index (χ0n) is 14.6. The molecule has 1 aliphatic rings. The molecule has 2 heterocycles. The monoisotopic (exact) mass is 366 g/mol. The van der Waals surface area contributed by atoms with Crippen LogP contribution in [0.4, 0.5) is 4.39 Å². The fourth-order valence-corrected chi connectivity index (χ4v) is 3.44. The number of carbonyl (C=O) groups is 2. The van der Waals surface area contributed by atoms with Crippen LogP contribution in [0.5, 0.6) is 0 Å². The predicted octanol–water partition coefficient (Wildman–Crippen LogP) is 2.09. The lowest BCUT2D eigenvalue weighted by Gasteiger charge is -2.17. The molecule has 138 valence electrons. The Kier molecular flexibility index (Phi) is 4.58. The SMILES string of the molecule is O=C(Cn1cnc2ccccc21)NC1CC(=O)N(Cc2cccc(F)c2)C1. The molecule has 1 N–H and O–H groups in total. The summed E-state index contributed by atoms with van der Waals surface area (Å²) in [7, 11) is 0. The van der Waals surface area contributed by atoms with Gasteiger partial charge in [0.1, 0.15) is 12.4 Å². The molecule has 1 atom stereocenters. The van der Waals surface area contributed by atoms with Crippen molar-refractivity contribution in [3.8, 4) is 0 Å². The van der Waals surface area contributed by atoms with Crippen LogP contribution in [0.1, 0.15) is 12.0 Å². The number of rotatable bonds is 5. The summed E-state index contributed by atoms with van der Waals surface area (Å²) in [5.74, 6) is -0.530. The van der Waals surface area contributed by atoms with Gasteiger partial charge in [-0.2, -0.15) is 0 Å². The number of hydrogen-bond donors (Lipinski definition) is 1. The maximum absolute atomic E-state index is 13.3. The smallest absolute Gasteiger partial charge is 0.240 e. The summed E-state index contributed by atoms with van der Waals surface area (Å²) in [5, 5.41) is 2.92. The van der Waals surface area contributed by atoms with Gasteiger partial charge < -0.3 is 14.8 Å². The Bertz CT molecular complexity index is 1000. The Morgan fingerprint density at radius 2 is 2.07 bits per heavy atom. The van der Waals surface area contributed by atoms with E-state index in [2.05, 4.69) is 10.3 Å². The summed E-state index contributed by atoms with van der Waals surface area (Å²) in [5.41, 5.74) is 2.46. The largest absolute Gasteiger partial charge is 0.350 e. The van der Waals surface area contributed by atoms with Crippen LogP contribution >= 0.6 is 0 Å². The molecule has 1 fully saturated rings. The Morgan fingerprint density at radius 3 is 2.93 bits per heavy atom. The fourth-order valence-electron chi connectivity index (χ4n) is 3.44. The maximum Gasteiger partial charge on any atom is 0.240 e. The molecule has 0 spiro atoms. The Morgan fingerprint density at radius 1 is 1.22 bits per heavy atom. The number of likely N-dealkylation sites (tertiary alicyclic amines) is 1. The molecule has 0 bridgehead atoms. The normalized spacial score (nSPS) is 16.9. The minimum atomic E-state index is -0.323. The lowest BCUT2D eigenvalue weighted by atomic mass is 10.2. The zero-order chi connectivity index (χ0) is 18.8. The first-order chi connectivity index (χ1) is 13.1. The molecular weight excluding hydrogens is 347 g/mol. The van der Waals surface area contributed by atoms with Gasteiger partial charge in [-0.1, -0.05) is 24.3 Å². The van der Waals surface area contributed by atoms with Gasteiger partial charge in [-0.3, -0.25) is 9.59 Å². The van der Waals surface area contributed by atoms with Crippen molar-refractivity contribution in [2.45, 2.75) is 25.6 Å². The summed E-state index contributed by atoms with van der Waals surface area (Å²) in [6.07, 6.45) is 1.89. The van der Waals surface area contributed by atoms with Crippen LogP contribution < -0.4 is 5.32 Å². The van der Waals surface area contributed by atoms with Crippen molar-refractivity contribution in [2.24, 2.45) is 0 Å². The number of fused-ring (bicyclic) bond motifs is 1. The highest BCUT2D eigenvalue weighted by atomic mass is 19.1. The number of aromatic nitrogens is 2. The zero-order valence-corrected chi connectivity index (χ0v) is 14.6. The van der Waals surface area contributed by atoms with Crippen molar-refractivity contribution in [1.82, 2.24) is 19.8 Å². The number of hydrogen-bond acceptors (Lipinski definition) is 3. The highest BCUT2D eigenvalue weighted by Crippen LogP contribution is 2.16. The van der Waals surface area contributed by atoms with Crippen molar-refractivity contribution < 1.29 is 14.0 Å². The van der Waals surface area contributed by atoms with E-state index < -0.39 is 0 Å². The summed E-state index contributed by atoms with van der Waals surface area (Å²) in [6, 6.07) is 13.6. The molecule has 1 aromatic heterocycles. The van der Waals surface area contributed by atoms with Gasteiger partial charge in [0.2, 0.25) is 11.8 Å². The first kappa shape index (κ1) is 17.2. The second kappa shape index (κ2) is 7.19. The molecule has 27 heavy (non-hydrogen) atoms. The second-order valence-electron chi connectivity index (χ2n) is 6.73. The molecule has 1 saturated heterocycles. The van der Waals surface area contributed by atoms with Crippen LogP contribution in [0.25, 0.3) is 11.0 Å². The standard InChI is InChI=1S/C20H19FN4O2/c21-15-5-3-4-14(8-15)10-24-11-16(9-20(24)27)23-19(26)12-25-13-22-17-6-1-2-7-18(17)25/h1-8,13,16H,9-12H2,(H,23,26). The molecule has 7 heteroatoms. The van der Waals surface area contributed by atoms with Crippen LogP contribution in [0.2, 0.25) is 0 Å². The van der Waals surface area contributed by atoms with Gasteiger partial charge in [0.05, 0.1) is 23.4 Å². The molecule has 1 unspecified atom stereocenters. The topological polar surface area (TPSA) is 67.2 Å². The fraction of sp³-hybridized carbons (Fsp3) is 0.250. The summed E-state index contributed by atoms with van der Waals surface area (Å²) in [4.78, 5) is 30.5. The van der Waals surface area contributed by atoms with Crippen LogP contribution in [0, 0.1) is 5.82 Å². The van der Waals surface area contributed by atoms with E-state index >= 15 is 0 Å². The van der Waals surface area contributed by atoms with E-state index in [1.54, 1.807) is 27.9 Å². The first-order valence-electron chi connectivity index (χ1n) is 8.80. The van der Waals surface area contributed by atoms with E-state index in [1.165, 1.54) is 12.1 Å². The van der Waals surface area contributed by atoms with Gasteiger partial charge in [0.15, 0.2) is 0 Å².